The van der Waals surface area contributed by atoms with Crippen LogP contribution in [0.25, 0.3) is 0 Å². The van der Waals surface area contributed by atoms with Gasteiger partial charge in [-0.2, -0.15) is 0 Å². The molecule has 0 aliphatic carbocycles. The number of nitrogens with one attached hydrogen (secondary N) is 1. The molecule has 2 saturated heterocycles. The quantitative estimate of drug-likeness (QED) is 0.811. The topological polar surface area (TPSA) is 91.6 Å². The number of carbonyl (C=O) groups excluding carboxylic acids is 2. The van der Waals surface area contributed by atoms with Crippen LogP contribution in [0.1, 0.15) is 58.2 Å². The lowest BCUT2D eigenvalue weighted by Crippen LogP contribution is -2.47. The third kappa shape index (κ3) is 3.40. The summed E-state index contributed by atoms with van der Waals surface area (Å²) in [5.41, 5.74) is -0.812. The number of amides is 3. The van der Waals surface area contributed by atoms with Crippen LogP contribution in [0.15, 0.2) is 4.42 Å². The van der Waals surface area contributed by atoms with Crippen molar-refractivity contribution in [2.24, 2.45) is 0 Å². The minimum atomic E-state index is -0.812. The van der Waals surface area contributed by atoms with Gasteiger partial charge in [0, 0.05) is 25.6 Å². The lowest BCUT2D eigenvalue weighted by molar-refractivity contribution is -0.130. The van der Waals surface area contributed by atoms with Gasteiger partial charge in [-0.25, -0.2) is 4.79 Å². The van der Waals surface area contributed by atoms with E-state index in [0.717, 1.165) is 25.8 Å². The molecule has 0 aromatic carbocycles. The van der Waals surface area contributed by atoms with Gasteiger partial charge < -0.3 is 9.73 Å². The number of likely N-dealkylation sites (tertiary alicyclic amines) is 1. The van der Waals surface area contributed by atoms with Gasteiger partial charge >= 0.3 is 6.03 Å². The van der Waals surface area contributed by atoms with Crippen molar-refractivity contribution in [1.82, 2.24) is 25.3 Å². The van der Waals surface area contributed by atoms with Crippen molar-refractivity contribution in [3.8, 4) is 0 Å². The van der Waals surface area contributed by atoms with Crippen molar-refractivity contribution in [1.29, 1.82) is 0 Å². The molecule has 2 aliphatic heterocycles. The molecular weight excluding hydrogens is 322 g/mol. The average molecular weight is 349 g/mol. The highest BCUT2D eigenvalue weighted by molar-refractivity contribution is 6.06. The van der Waals surface area contributed by atoms with Gasteiger partial charge in [-0.05, 0) is 40.2 Å². The second kappa shape index (κ2) is 6.74. The maximum Gasteiger partial charge on any atom is 0.325 e. The molecule has 3 rings (SSSR count). The fraction of sp³-hybridized carbons (Fsp3) is 0.765. The fourth-order valence-corrected chi connectivity index (χ4v) is 3.67. The molecule has 25 heavy (non-hydrogen) atoms. The van der Waals surface area contributed by atoms with E-state index < -0.39 is 5.54 Å². The highest BCUT2D eigenvalue weighted by Crippen LogP contribution is 2.31. The summed E-state index contributed by atoms with van der Waals surface area (Å²) in [6.45, 7) is 9.60. The minimum absolute atomic E-state index is 0.164. The maximum absolute atomic E-state index is 12.3. The summed E-state index contributed by atoms with van der Waals surface area (Å²) in [5, 5.41) is 11.0. The summed E-state index contributed by atoms with van der Waals surface area (Å²) >= 11 is 0. The highest BCUT2D eigenvalue weighted by atomic mass is 16.4. The normalized spacial score (nSPS) is 27.0. The van der Waals surface area contributed by atoms with Gasteiger partial charge in [0.05, 0.1) is 5.92 Å². The van der Waals surface area contributed by atoms with Crippen molar-refractivity contribution in [3.63, 3.8) is 0 Å². The zero-order valence-electron chi connectivity index (χ0n) is 15.4. The van der Waals surface area contributed by atoms with Crippen LogP contribution in [0.5, 0.6) is 0 Å². The number of imide groups is 1. The summed E-state index contributed by atoms with van der Waals surface area (Å²) in [4.78, 5) is 27.9. The summed E-state index contributed by atoms with van der Waals surface area (Å²) < 4.78 is 5.75. The standard InChI is InChI=1S/C17H27N5O3/c1-5-13-19-20-14(25-13)12-7-6-8-21(11(12)2)9-10-22-15(23)17(3,4)18-16(22)24/h11-12H,5-10H2,1-4H3,(H,18,24)/t11-,12-/m0/s1. The van der Waals surface area contributed by atoms with E-state index in [1.807, 2.05) is 6.92 Å². The second-order valence-corrected chi connectivity index (χ2v) is 7.42. The third-order valence-electron chi connectivity index (χ3n) is 5.28. The van der Waals surface area contributed by atoms with E-state index in [4.69, 9.17) is 4.42 Å². The Morgan fingerprint density at radius 3 is 2.64 bits per heavy atom. The lowest BCUT2D eigenvalue weighted by Gasteiger charge is -2.38. The minimum Gasteiger partial charge on any atom is -0.425 e. The van der Waals surface area contributed by atoms with E-state index in [2.05, 4.69) is 27.3 Å². The van der Waals surface area contributed by atoms with Gasteiger partial charge in [0.2, 0.25) is 11.8 Å². The molecule has 0 radical (unpaired) electrons. The molecule has 0 spiro atoms. The zero-order chi connectivity index (χ0) is 18.2. The van der Waals surface area contributed by atoms with Crippen molar-refractivity contribution < 1.29 is 14.0 Å². The SMILES string of the molecule is CCc1nnc([C@H]2CCCN(CCN3C(=O)NC(C)(C)C3=O)[C@H]2C)o1. The molecule has 0 unspecified atom stereocenters. The zero-order valence-corrected chi connectivity index (χ0v) is 15.4. The molecule has 0 bridgehead atoms. The Morgan fingerprint density at radius 2 is 2.04 bits per heavy atom. The smallest absolute Gasteiger partial charge is 0.325 e. The molecule has 138 valence electrons. The van der Waals surface area contributed by atoms with Gasteiger partial charge in [0.1, 0.15) is 5.54 Å². The van der Waals surface area contributed by atoms with Crippen molar-refractivity contribution >= 4 is 11.9 Å². The number of nitrogens with zero attached hydrogens (tertiary/aromatic N) is 4. The van der Waals surface area contributed by atoms with Gasteiger partial charge in [0.25, 0.3) is 5.91 Å². The Morgan fingerprint density at radius 1 is 1.28 bits per heavy atom. The van der Waals surface area contributed by atoms with Gasteiger partial charge in [-0.1, -0.05) is 6.92 Å². The number of urea groups is 1. The first-order chi connectivity index (χ1) is 11.8. The Bertz CT molecular complexity index is 656. The van der Waals surface area contributed by atoms with Gasteiger partial charge in [0.15, 0.2) is 0 Å². The number of hydrogen-bond acceptors (Lipinski definition) is 6. The summed E-state index contributed by atoms with van der Waals surface area (Å²) in [6.07, 6.45) is 2.78. The number of aromatic nitrogens is 2. The first-order valence-corrected chi connectivity index (χ1v) is 9.04. The molecular formula is C17H27N5O3. The van der Waals surface area contributed by atoms with E-state index in [9.17, 15) is 9.59 Å². The molecule has 3 amide bonds. The van der Waals surface area contributed by atoms with Crippen LogP contribution in [0.4, 0.5) is 4.79 Å². The van der Waals surface area contributed by atoms with Crippen molar-refractivity contribution in [2.45, 2.75) is 64.5 Å². The van der Waals surface area contributed by atoms with E-state index in [1.54, 1.807) is 13.8 Å². The summed E-state index contributed by atoms with van der Waals surface area (Å²) in [5.74, 6) is 1.40. The monoisotopic (exact) mass is 349 g/mol. The first kappa shape index (κ1) is 17.8. The van der Waals surface area contributed by atoms with Crippen LogP contribution in [-0.2, 0) is 11.2 Å². The molecule has 1 N–H and O–H groups in total. The van der Waals surface area contributed by atoms with Crippen LogP contribution in [0.3, 0.4) is 0 Å². The second-order valence-electron chi connectivity index (χ2n) is 7.42. The molecule has 2 aliphatic rings. The van der Waals surface area contributed by atoms with Gasteiger partial charge in [-0.15, -0.1) is 10.2 Å². The van der Waals surface area contributed by atoms with E-state index >= 15 is 0 Å². The number of aryl methyl sites for hydroxylation is 1. The largest absolute Gasteiger partial charge is 0.425 e. The Kier molecular flexibility index (Phi) is 4.81. The van der Waals surface area contributed by atoms with Crippen LogP contribution in [0, 0.1) is 0 Å². The molecule has 3 heterocycles. The maximum atomic E-state index is 12.3. The molecule has 1 aromatic rings. The Labute approximate surface area is 147 Å². The molecule has 8 heteroatoms. The van der Waals surface area contributed by atoms with Crippen LogP contribution < -0.4 is 5.32 Å². The van der Waals surface area contributed by atoms with E-state index in [0.29, 0.717) is 24.9 Å². The van der Waals surface area contributed by atoms with Gasteiger partial charge in [-0.3, -0.25) is 14.6 Å². The first-order valence-electron chi connectivity index (χ1n) is 9.04. The Hall–Kier alpha value is -1.96. The molecule has 1 aromatic heterocycles. The molecule has 2 fully saturated rings. The lowest BCUT2D eigenvalue weighted by atomic mass is 9.90. The van der Waals surface area contributed by atoms with Crippen LogP contribution >= 0.6 is 0 Å². The predicted molar refractivity (Wildman–Crippen MR) is 91.0 cm³/mol. The van der Waals surface area contributed by atoms with E-state index in [-0.39, 0.29) is 23.9 Å². The molecule has 8 nitrogen and oxygen atoms in total. The van der Waals surface area contributed by atoms with Crippen molar-refractivity contribution in [2.75, 3.05) is 19.6 Å². The number of hydrogen-bond donors (Lipinski definition) is 1. The number of rotatable bonds is 5. The van der Waals surface area contributed by atoms with Crippen LogP contribution in [-0.4, -0.2) is 63.2 Å². The summed E-state index contributed by atoms with van der Waals surface area (Å²) in [7, 11) is 0. The highest BCUT2D eigenvalue weighted by Gasteiger charge is 2.44. The third-order valence-corrected chi connectivity index (χ3v) is 5.28. The number of piperidine rings is 1. The predicted octanol–water partition coefficient (Wildman–Crippen LogP) is 1.53. The van der Waals surface area contributed by atoms with Crippen molar-refractivity contribution in [3.05, 3.63) is 11.8 Å². The molecule has 2 atom stereocenters. The Balaban J connectivity index is 1.63. The fourth-order valence-electron chi connectivity index (χ4n) is 3.67. The average Bonchev–Trinajstić information content (AvgIpc) is 3.11. The van der Waals surface area contributed by atoms with Crippen LogP contribution in [0.2, 0.25) is 0 Å². The molecule has 0 saturated carbocycles. The van der Waals surface area contributed by atoms with E-state index in [1.165, 1.54) is 4.90 Å². The number of carbonyl (C=O) groups is 2. The summed E-state index contributed by atoms with van der Waals surface area (Å²) in [6, 6.07) is -0.0756.